The maximum atomic E-state index is 4.89. The maximum Gasteiger partial charge on any atom is 0.194 e. The fourth-order valence-electron chi connectivity index (χ4n) is 3.00. The summed E-state index contributed by atoms with van der Waals surface area (Å²) >= 11 is 0. The summed E-state index contributed by atoms with van der Waals surface area (Å²) < 4.78 is 1.80. The van der Waals surface area contributed by atoms with E-state index in [1.54, 1.807) is 11.0 Å². The van der Waals surface area contributed by atoms with Crippen LogP contribution in [0.2, 0.25) is 0 Å². The normalized spacial score (nSPS) is 12.3. The van der Waals surface area contributed by atoms with Gasteiger partial charge in [0.2, 0.25) is 0 Å². The third-order valence-electron chi connectivity index (χ3n) is 4.70. The molecular formula is C21H34N6. The molecule has 1 aromatic carbocycles. The second-order valence-electron chi connectivity index (χ2n) is 7.83. The lowest BCUT2D eigenvalue weighted by Gasteiger charge is -2.26. The van der Waals surface area contributed by atoms with Crippen molar-refractivity contribution in [2.24, 2.45) is 17.5 Å². The Hall–Kier alpha value is -2.37. The molecule has 0 spiro atoms. The second-order valence-corrected chi connectivity index (χ2v) is 7.83. The Balaban J connectivity index is 1.90. The van der Waals surface area contributed by atoms with E-state index in [1.807, 2.05) is 14.1 Å². The zero-order valence-corrected chi connectivity index (χ0v) is 17.4. The molecule has 1 heterocycles. The quantitative estimate of drug-likeness (QED) is 0.544. The minimum atomic E-state index is 0.168. The summed E-state index contributed by atoms with van der Waals surface area (Å²) in [5, 5.41) is 7.52. The Labute approximate surface area is 163 Å². The Kier molecular flexibility index (Phi) is 7.82. The average molecular weight is 371 g/mol. The zero-order chi connectivity index (χ0) is 19.7. The first-order chi connectivity index (χ1) is 12.9. The van der Waals surface area contributed by atoms with Crippen LogP contribution in [0.25, 0.3) is 0 Å². The number of guanidine groups is 1. The Morgan fingerprint density at radius 3 is 2.63 bits per heavy atom. The van der Waals surface area contributed by atoms with Crippen LogP contribution in [0.4, 0.5) is 0 Å². The molecule has 0 aliphatic rings. The number of hydrogen-bond donors (Lipinski definition) is 1. The van der Waals surface area contributed by atoms with Crippen molar-refractivity contribution in [3.05, 3.63) is 48.0 Å². The van der Waals surface area contributed by atoms with Gasteiger partial charge in [0.1, 0.15) is 12.2 Å². The predicted molar refractivity (Wildman–Crippen MR) is 112 cm³/mol. The van der Waals surface area contributed by atoms with E-state index in [2.05, 4.69) is 71.4 Å². The van der Waals surface area contributed by atoms with Gasteiger partial charge in [-0.25, -0.2) is 4.98 Å². The molecule has 27 heavy (non-hydrogen) atoms. The number of aromatic nitrogens is 3. The smallest absolute Gasteiger partial charge is 0.194 e. The van der Waals surface area contributed by atoms with Crippen LogP contribution in [0.3, 0.4) is 0 Å². The zero-order valence-electron chi connectivity index (χ0n) is 17.4. The number of nitrogens with one attached hydrogen (secondary N) is 1. The number of aryl methyl sites for hydroxylation is 2. The van der Waals surface area contributed by atoms with Crippen LogP contribution in [0, 0.1) is 5.41 Å². The molecule has 0 atom stereocenters. The number of rotatable bonds is 9. The second kappa shape index (κ2) is 10.1. The standard InChI is InChI=1S/C21H34N6/c1-6-22-20(26(4)15-19-24-17-25-27(19)5)23-16-21(2,3)14-10-13-18-11-8-7-9-12-18/h7-9,11-12,17H,6,10,13-16H2,1-5H3,(H,22,23). The number of aliphatic imine (C=N–C) groups is 1. The minimum absolute atomic E-state index is 0.168. The summed E-state index contributed by atoms with van der Waals surface area (Å²) in [6, 6.07) is 10.7. The largest absolute Gasteiger partial charge is 0.357 e. The average Bonchev–Trinajstić information content (AvgIpc) is 3.04. The fourth-order valence-corrected chi connectivity index (χ4v) is 3.00. The van der Waals surface area contributed by atoms with Gasteiger partial charge in [-0.05, 0) is 37.2 Å². The van der Waals surface area contributed by atoms with Crippen LogP contribution in [0.5, 0.6) is 0 Å². The number of nitrogens with zero attached hydrogens (tertiary/aromatic N) is 5. The van der Waals surface area contributed by atoms with Gasteiger partial charge in [-0.1, -0.05) is 44.2 Å². The molecule has 148 valence electrons. The lowest BCUT2D eigenvalue weighted by Crippen LogP contribution is -2.39. The number of hydrogen-bond acceptors (Lipinski definition) is 3. The van der Waals surface area contributed by atoms with Crippen molar-refractivity contribution < 1.29 is 0 Å². The van der Waals surface area contributed by atoms with Crippen LogP contribution in [-0.2, 0) is 20.0 Å². The summed E-state index contributed by atoms with van der Waals surface area (Å²) in [4.78, 5) is 11.3. The van der Waals surface area contributed by atoms with Crippen molar-refractivity contribution in [1.29, 1.82) is 0 Å². The van der Waals surface area contributed by atoms with E-state index >= 15 is 0 Å². The van der Waals surface area contributed by atoms with Gasteiger partial charge in [0, 0.05) is 27.2 Å². The highest BCUT2D eigenvalue weighted by atomic mass is 15.4. The molecule has 0 bridgehead atoms. The first kappa shape index (κ1) is 20.9. The monoisotopic (exact) mass is 370 g/mol. The number of benzene rings is 1. The molecule has 0 radical (unpaired) electrons. The molecule has 0 aliphatic carbocycles. The van der Waals surface area contributed by atoms with E-state index in [4.69, 9.17) is 4.99 Å². The third-order valence-corrected chi connectivity index (χ3v) is 4.70. The predicted octanol–water partition coefficient (Wildman–Crippen LogP) is 3.26. The molecule has 0 saturated heterocycles. The van der Waals surface area contributed by atoms with E-state index in [-0.39, 0.29) is 5.41 Å². The van der Waals surface area contributed by atoms with Crippen LogP contribution in [0.15, 0.2) is 41.7 Å². The van der Waals surface area contributed by atoms with E-state index in [0.29, 0.717) is 6.54 Å². The SMILES string of the molecule is CCNC(=NCC(C)(C)CCCc1ccccc1)N(C)Cc1ncnn1C. The molecule has 0 unspecified atom stereocenters. The molecule has 0 fully saturated rings. The molecule has 0 saturated carbocycles. The van der Waals surface area contributed by atoms with Gasteiger partial charge < -0.3 is 10.2 Å². The highest BCUT2D eigenvalue weighted by molar-refractivity contribution is 5.79. The van der Waals surface area contributed by atoms with Gasteiger partial charge >= 0.3 is 0 Å². The van der Waals surface area contributed by atoms with Crippen molar-refractivity contribution in [3.63, 3.8) is 0 Å². The van der Waals surface area contributed by atoms with Gasteiger partial charge in [-0.3, -0.25) is 9.67 Å². The van der Waals surface area contributed by atoms with Crippen LogP contribution >= 0.6 is 0 Å². The summed E-state index contributed by atoms with van der Waals surface area (Å²) in [6.07, 6.45) is 5.04. The molecule has 0 amide bonds. The van der Waals surface area contributed by atoms with Crippen LogP contribution in [0.1, 0.15) is 45.0 Å². The topological polar surface area (TPSA) is 58.3 Å². The van der Waals surface area contributed by atoms with Gasteiger partial charge in [-0.15, -0.1) is 0 Å². The van der Waals surface area contributed by atoms with Crippen LogP contribution in [-0.4, -0.2) is 45.8 Å². The Morgan fingerprint density at radius 2 is 2.00 bits per heavy atom. The lowest BCUT2D eigenvalue weighted by atomic mass is 9.86. The first-order valence-corrected chi connectivity index (χ1v) is 9.77. The molecule has 1 aromatic heterocycles. The van der Waals surface area contributed by atoms with E-state index < -0.39 is 0 Å². The van der Waals surface area contributed by atoms with Crippen LogP contribution < -0.4 is 5.32 Å². The molecule has 6 nitrogen and oxygen atoms in total. The maximum absolute atomic E-state index is 4.89. The molecular weight excluding hydrogens is 336 g/mol. The summed E-state index contributed by atoms with van der Waals surface area (Å²) in [5.74, 6) is 1.84. The van der Waals surface area contributed by atoms with Gasteiger partial charge in [0.25, 0.3) is 0 Å². The van der Waals surface area contributed by atoms with Gasteiger partial charge in [0.15, 0.2) is 5.96 Å². The molecule has 6 heteroatoms. The van der Waals surface area contributed by atoms with Gasteiger partial charge in [-0.2, -0.15) is 5.10 Å². The van der Waals surface area contributed by atoms with Crippen molar-refractivity contribution in [2.45, 2.75) is 46.6 Å². The summed E-state index contributed by atoms with van der Waals surface area (Å²) in [5.41, 5.74) is 1.58. The molecule has 1 N–H and O–H groups in total. The molecule has 0 aliphatic heterocycles. The summed E-state index contributed by atoms with van der Waals surface area (Å²) in [7, 11) is 3.95. The third kappa shape index (κ3) is 7.04. The fraction of sp³-hybridized carbons (Fsp3) is 0.571. The highest BCUT2D eigenvalue weighted by Gasteiger charge is 2.18. The van der Waals surface area contributed by atoms with E-state index in [9.17, 15) is 0 Å². The molecule has 2 aromatic rings. The summed E-state index contributed by atoms with van der Waals surface area (Å²) in [6.45, 7) is 9.01. The van der Waals surface area contributed by atoms with Crippen molar-refractivity contribution in [1.82, 2.24) is 25.0 Å². The highest BCUT2D eigenvalue weighted by Crippen LogP contribution is 2.24. The van der Waals surface area contributed by atoms with E-state index in [0.717, 1.165) is 37.7 Å². The van der Waals surface area contributed by atoms with Crippen molar-refractivity contribution in [2.75, 3.05) is 20.1 Å². The Bertz CT molecular complexity index is 704. The Morgan fingerprint density at radius 1 is 1.26 bits per heavy atom. The van der Waals surface area contributed by atoms with E-state index in [1.165, 1.54) is 12.0 Å². The van der Waals surface area contributed by atoms with Gasteiger partial charge in [0.05, 0.1) is 6.54 Å². The van der Waals surface area contributed by atoms with Crippen molar-refractivity contribution in [3.8, 4) is 0 Å². The van der Waals surface area contributed by atoms with Crippen molar-refractivity contribution >= 4 is 5.96 Å². The lowest BCUT2D eigenvalue weighted by molar-refractivity contribution is 0.334. The molecule has 2 rings (SSSR count). The minimum Gasteiger partial charge on any atom is -0.357 e. The first-order valence-electron chi connectivity index (χ1n) is 9.77.